The molecular weight excluding hydrogens is 256 g/mol. The van der Waals surface area contributed by atoms with E-state index in [1.807, 2.05) is 31.2 Å². The van der Waals surface area contributed by atoms with Gasteiger partial charge in [0.2, 0.25) is 5.91 Å². The molecule has 2 amide bonds. The van der Waals surface area contributed by atoms with E-state index in [9.17, 15) is 9.59 Å². The van der Waals surface area contributed by atoms with E-state index >= 15 is 0 Å². The summed E-state index contributed by atoms with van der Waals surface area (Å²) in [4.78, 5) is 25.5. The maximum atomic E-state index is 12.3. The van der Waals surface area contributed by atoms with Crippen molar-refractivity contribution in [2.45, 2.75) is 19.4 Å². The van der Waals surface area contributed by atoms with Gasteiger partial charge in [-0.25, -0.2) is 0 Å². The van der Waals surface area contributed by atoms with E-state index in [4.69, 9.17) is 4.74 Å². The fourth-order valence-electron chi connectivity index (χ4n) is 2.30. The first kappa shape index (κ1) is 14.5. The highest BCUT2D eigenvalue weighted by molar-refractivity contribution is 5.83. The lowest BCUT2D eigenvalue weighted by molar-refractivity contribution is -0.146. The molecule has 0 saturated carbocycles. The lowest BCUT2D eigenvalue weighted by Gasteiger charge is -2.32. The number of rotatable bonds is 3. The average Bonchev–Trinajstić information content (AvgIpc) is 2.46. The van der Waals surface area contributed by atoms with Crippen molar-refractivity contribution in [3.05, 3.63) is 35.4 Å². The summed E-state index contributed by atoms with van der Waals surface area (Å²) in [5, 5.41) is 2.55. The average molecular weight is 276 g/mol. The minimum absolute atomic E-state index is 0.0350. The zero-order chi connectivity index (χ0) is 14.5. The van der Waals surface area contributed by atoms with Gasteiger partial charge in [-0.3, -0.25) is 9.59 Å². The number of carbonyl (C=O) groups is 2. The lowest BCUT2D eigenvalue weighted by Crippen LogP contribution is -2.51. The summed E-state index contributed by atoms with van der Waals surface area (Å²) in [6.07, 6.45) is -0.197. The molecule has 1 heterocycles. The van der Waals surface area contributed by atoms with Crippen LogP contribution in [0.2, 0.25) is 0 Å². The van der Waals surface area contributed by atoms with Crippen LogP contribution >= 0.6 is 0 Å². The molecule has 2 rings (SSSR count). The van der Waals surface area contributed by atoms with Crippen molar-refractivity contribution in [3.8, 4) is 0 Å². The highest BCUT2D eigenvalue weighted by Crippen LogP contribution is 2.10. The van der Waals surface area contributed by atoms with E-state index in [1.165, 1.54) is 0 Å². The minimum Gasteiger partial charge on any atom is -0.365 e. The Bertz CT molecular complexity index is 502. The Morgan fingerprint density at radius 3 is 2.95 bits per heavy atom. The van der Waals surface area contributed by atoms with Gasteiger partial charge in [0.1, 0.15) is 0 Å². The molecule has 1 aromatic carbocycles. The first-order valence-electron chi connectivity index (χ1n) is 6.76. The Kier molecular flexibility index (Phi) is 4.74. The highest BCUT2D eigenvalue weighted by atomic mass is 16.5. The predicted octanol–water partition coefficient (Wildman–Crippen LogP) is 0.511. The zero-order valence-corrected chi connectivity index (χ0v) is 11.9. The van der Waals surface area contributed by atoms with Gasteiger partial charge in [0, 0.05) is 13.6 Å². The second kappa shape index (κ2) is 6.52. The maximum Gasteiger partial charge on any atom is 0.250 e. The molecule has 1 aliphatic heterocycles. The van der Waals surface area contributed by atoms with Crippen LogP contribution in [0.3, 0.4) is 0 Å². The molecular formula is C15H20N2O3. The minimum atomic E-state index is -0.560. The van der Waals surface area contributed by atoms with Gasteiger partial charge in [-0.15, -0.1) is 0 Å². The number of aryl methyl sites for hydroxylation is 1. The van der Waals surface area contributed by atoms with Crippen molar-refractivity contribution in [3.63, 3.8) is 0 Å². The van der Waals surface area contributed by atoms with Crippen molar-refractivity contribution in [2.24, 2.45) is 0 Å². The molecule has 1 aromatic rings. The summed E-state index contributed by atoms with van der Waals surface area (Å²) in [5.41, 5.74) is 2.14. The number of nitrogens with zero attached hydrogens (tertiary/aromatic N) is 1. The van der Waals surface area contributed by atoms with E-state index in [0.29, 0.717) is 26.1 Å². The van der Waals surface area contributed by atoms with Gasteiger partial charge in [0.05, 0.1) is 19.6 Å². The fourth-order valence-corrected chi connectivity index (χ4v) is 2.30. The number of carbonyl (C=O) groups excluding carboxylic acids is 2. The van der Waals surface area contributed by atoms with Crippen LogP contribution in [0.5, 0.6) is 0 Å². The summed E-state index contributed by atoms with van der Waals surface area (Å²) in [7, 11) is 1.57. The Hall–Kier alpha value is -1.88. The van der Waals surface area contributed by atoms with Gasteiger partial charge in [-0.05, 0) is 12.5 Å². The molecule has 1 fully saturated rings. The van der Waals surface area contributed by atoms with Crippen LogP contribution in [-0.4, -0.2) is 49.6 Å². The molecule has 108 valence electrons. The summed E-state index contributed by atoms with van der Waals surface area (Å²) in [5.74, 6) is -0.147. The number of hydrogen-bond donors (Lipinski definition) is 1. The molecule has 1 N–H and O–H groups in total. The molecule has 20 heavy (non-hydrogen) atoms. The van der Waals surface area contributed by atoms with E-state index in [2.05, 4.69) is 5.32 Å². The molecule has 1 atom stereocenters. The second-order valence-electron chi connectivity index (χ2n) is 4.98. The van der Waals surface area contributed by atoms with Crippen molar-refractivity contribution in [2.75, 3.05) is 26.7 Å². The number of benzene rings is 1. The molecule has 1 aliphatic rings. The van der Waals surface area contributed by atoms with Crippen LogP contribution in [0.15, 0.2) is 24.3 Å². The topological polar surface area (TPSA) is 58.6 Å². The van der Waals surface area contributed by atoms with Crippen LogP contribution in [0.25, 0.3) is 0 Å². The molecule has 0 unspecified atom stereocenters. The quantitative estimate of drug-likeness (QED) is 0.875. The number of ether oxygens (including phenoxy) is 1. The number of likely N-dealkylation sites (N-methyl/N-ethyl adjacent to an activating group) is 1. The smallest absolute Gasteiger partial charge is 0.250 e. The molecule has 5 nitrogen and oxygen atoms in total. The fraction of sp³-hybridized carbons (Fsp3) is 0.467. The standard InChI is InChI=1S/C15H20N2O3/c1-11-4-3-5-12(8-11)9-14(18)17-6-7-20-13(10-17)15(19)16-2/h3-5,8,13H,6-7,9-10H2,1-2H3,(H,16,19)/t13-/m0/s1. The summed E-state index contributed by atoms with van der Waals surface area (Å²) >= 11 is 0. The Morgan fingerprint density at radius 2 is 2.25 bits per heavy atom. The van der Waals surface area contributed by atoms with Crippen molar-refractivity contribution < 1.29 is 14.3 Å². The summed E-state index contributed by atoms with van der Waals surface area (Å²) < 4.78 is 5.37. The lowest BCUT2D eigenvalue weighted by atomic mass is 10.1. The van der Waals surface area contributed by atoms with E-state index < -0.39 is 6.10 Å². The third-order valence-corrected chi connectivity index (χ3v) is 3.40. The number of amides is 2. The zero-order valence-electron chi connectivity index (χ0n) is 11.9. The number of hydrogen-bond acceptors (Lipinski definition) is 3. The number of nitrogens with one attached hydrogen (secondary N) is 1. The molecule has 0 spiro atoms. The van der Waals surface area contributed by atoms with Gasteiger partial charge < -0.3 is 15.0 Å². The van der Waals surface area contributed by atoms with Crippen molar-refractivity contribution in [1.82, 2.24) is 10.2 Å². The van der Waals surface area contributed by atoms with Gasteiger partial charge in [0.15, 0.2) is 6.10 Å². The van der Waals surface area contributed by atoms with Gasteiger partial charge >= 0.3 is 0 Å². The van der Waals surface area contributed by atoms with E-state index in [-0.39, 0.29) is 11.8 Å². The molecule has 0 aromatic heterocycles. The van der Waals surface area contributed by atoms with Crippen LogP contribution in [-0.2, 0) is 20.7 Å². The molecule has 5 heteroatoms. The largest absolute Gasteiger partial charge is 0.365 e. The normalized spacial score (nSPS) is 18.7. The first-order chi connectivity index (χ1) is 9.60. The highest BCUT2D eigenvalue weighted by Gasteiger charge is 2.28. The van der Waals surface area contributed by atoms with Crippen LogP contribution < -0.4 is 5.32 Å². The molecule has 0 radical (unpaired) electrons. The van der Waals surface area contributed by atoms with Gasteiger partial charge in [0.25, 0.3) is 5.91 Å². The third-order valence-electron chi connectivity index (χ3n) is 3.40. The Morgan fingerprint density at radius 1 is 1.45 bits per heavy atom. The SMILES string of the molecule is CNC(=O)[C@@H]1CN(C(=O)Cc2cccc(C)c2)CCO1. The summed E-state index contributed by atoms with van der Waals surface area (Å²) in [6.45, 7) is 3.27. The monoisotopic (exact) mass is 276 g/mol. The second-order valence-corrected chi connectivity index (χ2v) is 4.98. The Balaban J connectivity index is 1.97. The number of morpholine rings is 1. The predicted molar refractivity (Wildman–Crippen MR) is 75.3 cm³/mol. The van der Waals surface area contributed by atoms with Crippen molar-refractivity contribution >= 4 is 11.8 Å². The van der Waals surface area contributed by atoms with Crippen LogP contribution in [0, 0.1) is 6.92 Å². The molecule has 1 saturated heterocycles. The summed E-state index contributed by atoms with van der Waals surface area (Å²) in [6, 6.07) is 7.91. The van der Waals surface area contributed by atoms with E-state index in [0.717, 1.165) is 11.1 Å². The first-order valence-corrected chi connectivity index (χ1v) is 6.76. The molecule has 0 bridgehead atoms. The maximum absolute atomic E-state index is 12.3. The van der Waals surface area contributed by atoms with Gasteiger partial charge in [-0.1, -0.05) is 29.8 Å². The Labute approximate surface area is 118 Å². The van der Waals surface area contributed by atoms with Crippen LogP contribution in [0.1, 0.15) is 11.1 Å². The van der Waals surface area contributed by atoms with Gasteiger partial charge in [-0.2, -0.15) is 0 Å². The third kappa shape index (κ3) is 3.57. The van der Waals surface area contributed by atoms with Crippen molar-refractivity contribution in [1.29, 1.82) is 0 Å². The van der Waals surface area contributed by atoms with E-state index in [1.54, 1.807) is 11.9 Å². The molecule has 0 aliphatic carbocycles. The van der Waals surface area contributed by atoms with Crippen LogP contribution in [0.4, 0.5) is 0 Å².